The lowest BCUT2D eigenvalue weighted by atomic mass is 10.1. The van der Waals surface area contributed by atoms with Crippen molar-refractivity contribution in [3.05, 3.63) is 23.3 Å². The van der Waals surface area contributed by atoms with Gasteiger partial charge in [0.05, 0.1) is 14.2 Å². The fourth-order valence-corrected chi connectivity index (χ4v) is 1.63. The molecule has 1 rings (SSSR count). The van der Waals surface area contributed by atoms with Gasteiger partial charge in [0, 0.05) is 17.7 Å². The van der Waals surface area contributed by atoms with Gasteiger partial charge in [-0.1, -0.05) is 0 Å². The minimum atomic E-state index is -1.51. The van der Waals surface area contributed by atoms with Crippen molar-refractivity contribution in [1.29, 1.82) is 0 Å². The van der Waals surface area contributed by atoms with Crippen molar-refractivity contribution in [2.24, 2.45) is 0 Å². The molecule has 0 aliphatic rings. The van der Waals surface area contributed by atoms with E-state index in [9.17, 15) is 9.59 Å². The highest BCUT2D eigenvalue weighted by Gasteiger charge is 2.14. The summed E-state index contributed by atoms with van der Waals surface area (Å²) in [5.74, 6) is -1.33. The molecule has 6 heteroatoms. The Bertz CT molecular complexity index is 470. The third-order valence-electron chi connectivity index (χ3n) is 2.50. The number of amides is 1. The molecule has 0 aliphatic heterocycles. The van der Waals surface area contributed by atoms with Crippen LogP contribution >= 0.6 is 0 Å². The van der Waals surface area contributed by atoms with Gasteiger partial charge in [0.1, 0.15) is 11.5 Å². The zero-order chi connectivity index (χ0) is 13.7. The maximum Gasteiger partial charge on any atom is 0.394 e. The number of methoxy groups -OCH3 is 2. The van der Waals surface area contributed by atoms with Crippen molar-refractivity contribution in [2.75, 3.05) is 14.2 Å². The summed E-state index contributed by atoms with van der Waals surface area (Å²) in [6.45, 7) is 1.90. The van der Waals surface area contributed by atoms with Gasteiger partial charge in [0.15, 0.2) is 0 Å². The third kappa shape index (κ3) is 2.91. The first-order chi connectivity index (χ1) is 8.51. The Balaban J connectivity index is 2.93. The molecule has 6 nitrogen and oxygen atoms in total. The van der Waals surface area contributed by atoms with Gasteiger partial charge in [0.2, 0.25) is 0 Å². The summed E-state index contributed by atoms with van der Waals surface area (Å²) in [5.41, 5.74) is 1.48. The van der Waals surface area contributed by atoms with Crippen LogP contribution in [0.3, 0.4) is 0 Å². The Morgan fingerprint density at radius 3 is 2.44 bits per heavy atom. The smallest absolute Gasteiger partial charge is 0.394 e. The SMILES string of the molecule is COc1ccc(CNC(=O)C(=O)O)c(OC)c1C. The minimum absolute atomic E-state index is 0.0825. The molecule has 0 radical (unpaired) electrons. The molecule has 0 aromatic heterocycles. The van der Waals surface area contributed by atoms with Gasteiger partial charge in [-0.3, -0.25) is 4.79 Å². The quantitative estimate of drug-likeness (QED) is 0.772. The van der Waals surface area contributed by atoms with Crippen LogP contribution in [0.2, 0.25) is 0 Å². The monoisotopic (exact) mass is 253 g/mol. The molecule has 0 heterocycles. The molecule has 0 bridgehead atoms. The average molecular weight is 253 g/mol. The Hall–Kier alpha value is -2.24. The largest absolute Gasteiger partial charge is 0.496 e. The number of benzene rings is 1. The lowest BCUT2D eigenvalue weighted by Gasteiger charge is -2.14. The van der Waals surface area contributed by atoms with E-state index in [4.69, 9.17) is 14.6 Å². The lowest BCUT2D eigenvalue weighted by molar-refractivity contribution is -0.150. The van der Waals surface area contributed by atoms with Gasteiger partial charge < -0.3 is 19.9 Å². The van der Waals surface area contributed by atoms with Gasteiger partial charge in [0.25, 0.3) is 0 Å². The van der Waals surface area contributed by atoms with Crippen LogP contribution in [-0.4, -0.2) is 31.2 Å². The van der Waals surface area contributed by atoms with E-state index in [2.05, 4.69) is 5.32 Å². The van der Waals surface area contributed by atoms with E-state index in [1.165, 1.54) is 7.11 Å². The van der Waals surface area contributed by atoms with Crippen molar-refractivity contribution < 1.29 is 24.2 Å². The predicted molar refractivity (Wildman–Crippen MR) is 63.8 cm³/mol. The number of hydrogen-bond donors (Lipinski definition) is 2. The van der Waals surface area contributed by atoms with Crippen molar-refractivity contribution in [1.82, 2.24) is 5.32 Å². The van der Waals surface area contributed by atoms with Crippen molar-refractivity contribution in [3.8, 4) is 11.5 Å². The van der Waals surface area contributed by atoms with E-state index in [-0.39, 0.29) is 6.54 Å². The van der Waals surface area contributed by atoms with Crippen molar-refractivity contribution in [3.63, 3.8) is 0 Å². The molecule has 0 aliphatic carbocycles. The number of hydrogen-bond acceptors (Lipinski definition) is 4. The first-order valence-electron chi connectivity index (χ1n) is 5.22. The van der Waals surface area contributed by atoms with Gasteiger partial charge in [-0.25, -0.2) is 4.79 Å². The number of aliphatic carboxylic acids is 1. The number of carbonyl (C=O) groups excluding carboxylic acids is 1. The van der Waals surface area contributed by atoms with Crippen molar-refractivity contribution in [2.45, 2.75) is 13.5 Å². The van der Waals surface area contributed by atoms with E-state index in [0.717, 1.165) is 5.56 Å². The molecule has 98 valence electrons. The number of ether oxygens (including phenoxy) is 2. The number of carboxylic acid groups (broad SMARTS) is 1. The van der Waals surface area contributed by atoms with E-state index in [1.807, 2.05) is 6.92 Å². The highest BCUT2D eigenvalue weighted by atomic mass is 16.5. The Morgan fingerprint density at radius 1 is 1.28 bits per heavy atom. The van der Waals surface area contributed by atoms with Crippen LogP contribution in [0, 0.1) is 6.92 Å². The maximum absolute atomic E-state index is 10.9. The molecule has 0 fully saturated rings. The molecule has 0 unspecified atom stereocenters. The van der Waals surface area contributed by atoms with Crippen molar-refractivity contribution >= 4 is 11.9 Å². The van der Waals surface area contributed by atoms with Crippen LogP contribution in [-0.2, 0) is 16.1 Å². The number of rotatable bonds is 4. The molecule has 0 atom stereocenters. The van der Waals surface area contributed by atoms with Crippen LogP contribution in [0.25, 0.3) is 0 Å². The minimum Gasteiger partial charge on any atom is -0.496 e. The van der Waals surface area contributed by atoms with E-state index in [1.54, 1.807) is 19.2 Å². The Morgan fingerprint density at radius 2 is 1.94 bits per heavy atom. The predicted octanol–water partition coefficient (Wildman–Crippen LogP) is 0.713. The number of carbonyl (C=O) groups is 2. The summed E-state index contributed by atoms with van der Waals surface area (Å²) in [6, 6.07) is 3.45. The van der Waals surface area contributed by atoms with Crippen LogP contribution in [0.1, 0.15) is 11.1 Å². The summed E-state index contributed by atoms with van der Waals surface area (Å²) >= 11 is 0. The van der Waals surface area contributed by atoms with Crippen LogP contribution in [0.15, 0.2) is 12.1 Å². The normalized spacial score (nSPS) is 9.72. The molecule has 0 saturated heterocycles. The second kappa shape index (κ2) is 5.90. The molecule has 0 spiro atoms. The van der Waals surface area contributed by atoms with Crippen LogP contribution < -0.4 is 14.8 Å². The summed E-state index contributed by atoms with van der Waals surface area (Å²) in [7, 11) is 3.05. The second-order valence-corrected chi connectivity index (χ2v) is 3.57. The van der Waals surface area contributed by atoms with Crippen LogP contribution in [0.5, 0.6) is 11.5 Å². The topological polar surface area (TPSA) is 84.9 Å². The number of carboxylic acids is 1. The molecule has 1 aromatic carbocycles. The highest BCUT2D eigenvalue weighted by Crippen LogP contribution is 2.31. The standard InChI is InChI=1S/C12H15NO5/c1-7-9(17-2)5-4-8(10(7)18-3)6-13-11(14)12(15)16/h4-5H,6H2,1-3H3,(H,13,14)(H,15,16). The fraction of sp³-hybridized carbons (Fsp3) is 0.333. The molecular weight excluding hydrogens is 238 g/mol. The summed E-state index contributed by atoms with van der Waals surface area (Å²) in [6.07, 6.45) is 0. The fourth-order valence-electron chi connectivity index (χ4n) is 1.63. The molecule has 1 amide bonds. The zero-order valence-corrected chi connectivity index (χ0v) is 10.4. The molecule has 1 aromatic rings. The van der Waals surface area contributed by atoms with Crippen LogP contribution in [0.4, 0.5) is 0 Å². The first kappa shape index (κ1) is 13.8. The third-order valence-corrected chi connectivity index (χ3v) is 2.50. The zero-order valence-electron chi connectivity index (χ0n) is 10.4. The van der Waals surface area contributed by atoms with E-state index in [0.29, 0.717) is 17.1 Å². The van der Waals surface area contributed by atoms with Gasteiger partial charge >= 0.3 is 11.9 Å². The van der Waals surface area contributed by atoms with Gasteiger partial charge in [-0.05, 0) is 19.1 Å². The summed E-state index contributed by atoms with van der Waals surface area (Å²) in [4.78, 5) is 21.3. The first-order valence-corrected chi connectivity index (χ1v) is 5.22. The molecule has 2 N–H and O–H groups in total. The Kier molecular flexibility index (Phi) is 4.53. The maximum atomic E-state index is 10.9. The summed E-state index contributed by atoms with van der Waals surface area (Å²) < 4.78 is 10.4. The van der Waals surface area contributed by atoms with E-state index >= 15 is 0 Å². The Labute approximate surface area is 105 Å². The molecule has 18 heavy (non-hydrogen) atoms. The van der Waals surface area contributed by atoms with Gasteiger partial charge in [-0.15, -0.1) is 0 Å². The highest BCUT2D eigenvalue weighted by molar-refractivity contribution is 6.31. The summed E-state index contributed by atoms with van der Waals surface area (Å²) in [5, 5.41) is 10.7. The van der Waals surface area contributed by atoms with E-state index < -0.39 is 11.9 Å². The average Bonchev–Trinajstić information content (AvgIpc) is 2.35. The lowest BCUT2D eigenvalue weighted by Crippen LogP contribution is -2.30. The number of nitrogens with one attached hydrogen (secondary N) is 1. The molecular formula is C12H15NO5. The molecule has 0 saturated carbocycles. The van der Waals surface area contributed by atoms with Gasteiger partial charge in [-0.2, -0.15) is 0 Å². The second-order valence-electron chi connectivity index (χ2n) is 3.57.